The minimum Gasteiger partial charge on any atom is -0.457 e. The molecule has 10 heteroatoms. The maximum atomic E-state index is 12.9. The van der Waals surface area contributed by atoms with Gasteiger partial charge in [0.25, 0.3) is 0 Å². The fourth-order valence-corrected chi connectivity index (χ4v) is 4.79. The lowest BCUT2D eigenvalue weighted by Crippen LogP contribution is -2.40. The zero-order valence-electron chi connectivity index (χ0n) is 16.3. The van der Waals surface area contributed by atoms with E-state index in [-0.39, 0.29) is 31.7 Å². The monoisotopic (exact) mass is 455 g/mol. The zero-order chi connectivity index (χ0) is 22.6. The molecule has 31 heavy (non-hydrogen) atoms. The quantitative estimate of drug-likeness (QED) is 0.492. The molecule has 0 bridgehead atoms. The van der Waals surface area contributed by atoms with E-state index >= 15 is 0 Å². The van der Waals surface area contributed by atoms with Gasteiger partial charge in [0.1, 0.15) is 0 Å². The van der Waals surface area contributed by atoms with Crippen molar-refractivity contribution in [2.75, 3.05) is 19.7 Å². The van der Waals surface area contributed by atoms with Crippen molar-refractivity contribution in [2.45, 2.75) is 23.9 Å². The summed E-state index contributed by atoms with van der Waals surface area (Å²) >= 11 is 0. The van der Waals surface area contributed by atoms with Gasteiger partial charge in [-0.3, -0.25) is 9.59 Å². The van der Waals surface area contributed by atoms with E-state index in [1.165, 1.54) is 0 Å². The molecule has 0 spiro atoms. The van der Waals surface area contributed by atoms with Gasteiger partial charge in [-0.15, -0.1) is 0 Å². The summed E-state index contributed by atoms with van der Waals surface area (Å²) in [5, 5.41) is 0. The maximum absolute atomic E-state index is 12.9. The smallest absolute Gasteiger partial charge is 0.416 e. The number of alkyl halides is 3. The van der Waals surface area contributed by atoms with Crippen LogP contribution in [0.2, 0.25) is 0 Å². The number of hydrogen-bond acceptors (Lipinski definition) is 5. The number of carbonyl (C=O) groups excluding carboxylic acids is 2. The Bertz CT molecular complexity index is 1050. The first-order valence-electron chi connectivity index (χ1n) is 9.51. The summed E-state index contributed by atoms with van der Waals surface area (Å²) in [7, 11) is -4.13. The Labute approximate surface area is 177 Å². The summed E-state index contributed by atoms with van der Waals surface area (Å²) in [6.07, 6.45) is -4.35. The first-order chi connectivity index (χ1) is 14.6. The highest BCUT2D eigenvalue weighted by molar-refractivity contribution is 7.89. The molecule has 1 aliphatic heterocycles. The van der Waals surface area contributed by atoms with Crippen LogP contribution in [0.5, 0.6) is 0 Å². The predicted molar refractivity (Wildman–Crippen MR) is 105 cm³/mol. The molecule has 1 fully saturated rings. The van der Waals surface area contributed by atoms with Crippen LogP contribution < -0.4 is 0 Å². The molecule has 2 aromatic carbocycles. The number of halogens is 3. The van der Waals surface area contributed by atoms with Gasteiger partial charge in [0.05, 0.1) is 16.4 Å². The molecule has 0 unspecified atom stereocenters. The molecule has 1 aliphatic rings. The van der Waals surface area contributed by atoms with E-state index in [2.05, 4.69) is 0 Å². The van der Waals surface area contributed by atoms with Crippen molar-refractivity contribution in [3.8, 4) is 0 Å². The molecule has 0 amide bonds. The van der Waals surface area contributed by atoms with Crippen LogP contribution in [0.15, 0.2) is 59.5 Å². The Hall–Kier alpha value is -2.72. The van der Waals surface area contributed by atoms with E-state index < -0.39 is 45.2 Å². The summed E-state index contributed by atoms with van der Waals surface area (Å²) in [4.78, 5) is 23.8. The van der Waals surface area contributed by atoms with Gasteiger partial charge in [0.2, 0.25) is 10.0 Å². The van der Waals surface area contributed by atoms with Crippen LogP contribution >= 0.6 is 0 Å². The number of sulfonamides is 1. The van der Waals surface area contributed by atoms with Gasteiger partial charge in [0, 0.05) is 18.7 Å². The van der Waals surface area contributed by atoms with Gasteiger partial charge in [-0.1, -0.05) is 36.4 Å². The molecule has 0 radical (unpaired) electrons. The molecule has 0 aliphatic carbocycles. The number of benzene rings is 2. The first-order valence-corrected chi connectivity index (χ1v) is 11.0. The maximum Gasteiger partial charge on any atom is 0.416 e. The zero-order valence-corrected chi connectivity index (χ0v) is 17.2. The van der Waals surface area contributed by atoms with E-state index in [1.807, 2.05) is 0 Å². The van der Waals surface area contributed by atoms with Crippen molar-refractivity contribution in [3.63, 3.8) is 0 Å². The lowest BCUT2D eigenvalue weighted by atomic mass is 9.98. The SMILES string of the molecule is O=C(COC(=O)C1CCN(S(=O)(=O)c2cccc(C(F)(F)F)c2)CC1)c1ccccc1. The molecular weight excluding hydrogens is 435 g/mol. The van der Waals surface area contributed by atoms with Crippen molar-refractivity contribution < 1.29 is 35.9 Å². The third-order valence-electron chi connectivity index (χ3n) is 5.03. The van der Waals surface area contributed by atoms with Crippen molar-refractivity contribution in [3.05, 3.63) is 65.7 Å². The lowest BCUT2D eigenvalue weighted by Gasteiger charge is -2.30. The highest BCUT2D eigenvalue weighted by atomic mass is 32.2. The average molecular weight is 455 g/mol. The highest BCUT2D eigenvalue weighted by Gasteiger charge is 2.35. The Morgan fingerprint density at radius 1 is 1.00 bits per heavy atom. The van der Waals surface area contributed by atoms with Gasteiger partial charge in [-0.2, -0.15) is 17.5 Å². The van der Waals surface area contributed by atoms with Crippen LogP contribution in [0.3, 0.4) is 0 Å². The topological polar surface area (TPSA) is 80.8 Å². The second-order valence-electron chi connectivity index (χ2n) is 7.10. The molecule has 0 aromatic heterocycles. The molecule has 1 heterocycles. The summed E-state index contributed by atoms with van der Waals surface area (Å²) in [6.45, 7) is -0.485. The predicted octanol–water partition coefficient (Wildman–Crippen LogP) is 3.53. The molecule has 6 nitrogen and oxygen atoms in total. The van der Waals surface area contributed by atoms with E-state index in [0.717, 1.165) is 22.5 Å². The second kappa shape index (κ2) is 9.19. The number of Topliss-reactive ketones (excluding diaryl/α,β-unsaturated/α-hetero) is 1. The van der Waals surface area contributed by atoms with E-state index in [1.54, 1.807) is 30.3 Å². The Balaban J connectivity index is 1.57. The van der Waals surface area contributed by atoms with Gasteiger partial charge < -0.3 is 4.74 Å². The van der Waals surface area contributed by atoms with Crippen LogP contribution in [0, 0.1) is 5.92 Å². The average Bonchev–Trinajstić information content (AvgIpc) is 2.77. The number of ketones is 1. The van der Waals surface area contributed by atoms with Crippen LogP contribution in [0.4, 0.5) is 13.2 Å². The minimum absolute atomic E-state index is 0.0367. The minimum atomic E-state index is -4.65. The van der Waals surface area contributed by atoms with E-state index in [9.17, 15) is 31.2 Å². The fraction of sp³-hybridized carbons (Fsp3) is 0.333. The summed E-state index contributed by atoms with van der Waals surface area (Å²) in [5.74, 6) is -1.53. The lowest BCUT2D eigenvalue weighted by molar-refractivity contribution is -0.148. The number of piperidine rings is 1. The Morgan fingerprint density at radius 2 is 1.65 bits per heavy atom. The molecular formula is C21H20F3NO5S. The summed E-state index contributed by atoms with van der Waals surface area (Å²) in [5.41, 5.74) is -0.632. The Morgan fingerprint density at radius 3 is 2.26 bits per heavy atom. The number of hydrogen-bond donors (Lipinski definition) is 0. The third-order valence-corrected chi connectivity index (χ3v) is 6.92. The number of carbonyl (C=O) groups is 2. The van der Waals surface area contributed by atoms with Crippen LogP contribution in [-0.4, -0.2) is 44.2 Å². The van der Waals surface area contributed by atoms with Gasteiger partial charge in [-0.05, 0) is 31.0 Å². The van der Waals surface area contributed by atoms with Crippen molar-refractivity contribution in [2.24, 2.45) is 5.92 Å². The normalized spacial score (nSPS) is 16.1. The van der Waals surface area contributed by atoms with Gasteiger partial charge >= 0.3 is 12.1 Å². The highest BCUT2D eigenvalue weighted by Crippen LogP contribution is 2.32. The Kier molecular flexibility index (Phi) is 6.80. The summed E-state index contributed by atoms with van der Waals surface area (Å²) < 4.78 is 70.2. The summed E-state index contributed by atoms with van der Waals surface area (Å²) in [6, 6.07) is 11.9. The van der Waals surface area contributed by atoms with Crippen molar-refractivity contribution >= 4 is 21.8 Å². The largest absolute Gasteiger partial charge is 0.457 e. The second-order valence-corrected chi connectivity index (χ2v) is 9.04. The fourth-order valence-electron chi connectivity index (χ4n) is 3.28. The molecule has 0 atom stereocenters. The molecule has 166 valence electrons. The number of ether oxygens (including phenoxy) is 1. The van der Waals surface area contributed by atoms with Crippen LogP contribution in [0.1, 0.15) is 28.8 Å². The molecule has 2 aromatic rings. The van der Waals surface area contributed by atoms with Crippen molar-refractivity contribution in [1.82, 2.24) is 4.31 Å². The molecule has 0 saturated carbocycles. The molecule has 1 saturated heterocycles. The van der Waals surface area contributed by atoms with E-state index in [4.69, 9.17) is 4.74 Å². The first kappa shape index (κ1) is 23.0. The number of rotatable bonds is 6. The van der Waals surface area contributed by atoms with Crippen LogP contribution in [0.25, 0.3) is 0 Å². The third kappa shape index (κ3) is 5.50. The van der Waals surface area contributed by atoms with Gasteiger partial charge in [-0.25, -0.2) is 8.42 Å². The van der Waals surface area contributed by atoms with Gasteiger partial charge in [0.15, 0.2) is 12.4 Å². The van der Waals surface area contributed by atoms with E-state index in [0.29, 0.717) is 11.6 Å². The van der Waals surface area contributed by atoms with Crippen LogP contribution in [-0.2, 0) is 25.7 Å². The number of esters is 1. The molecule has 0 N–H and O–H groups in total. The standard InChI is InChI=1S/C21H20F3NO5S/c22-21(23,24)17-7-4-8-18(13-17)31(28,29)25-11-9-16(10-12-25)20(27)30-14-19(26)15-5-2-1-3-6-15/h1-8,13,16H,9-12,14H2. The van der Waals surface area contributed by atoms with Crippen molar-refractivity contribution in [1.29, 1.82) is 0 Å². The number of nitrogens with zero attached hydrogens (tertiary/aromatic N) is 1. The molecule has 3 rings (SSSR count).